The molecule has 0 unspecified atom stereocenters. The van der Waals surface area contributed by atoms with E-state index in [2.05, 4.69) is 15.2 Å². The van der Waals surface area contributed by atoms with Gasteiger partial charge in [-0.3, -0.25) is 4.79 Å². The molecule has 7 heteroatoms. The van der Waals surface area contributed by atoms with Gasteiger partial charge in [-0.1, -0.05) is 0 Å². The van der Waals surface area contributed by atoms with Crippen LogP contribution in [0.3, 0.4) is 0 Å². The predicted octanol–water partition coefficient (Wildman–Crippen LogP) is 1.81. The van der Waals surface area contributed by atoms with Gasteiger partial charge in [0.05, 0.1) is 30.1 Å². The van der Waals surface area contributed by atoms with Gasteiger partial charge >= 0.3 is 0 Å². The summed E-state index contributed by atoms with van der Waals surface area (Å²) in [6.45, 7) is 4.74. The van der Waals surface area contributed by atoms with Crippen LogP contribution in [0.15, 0.2) is 22.9 Å². The molecule has 1 saturated heterocycles. The number of oxazole rings is 1. The number of nitrogens with one attached hydrogen (secondary N) is 1. The minimum absolute atomic E-state index is 0.0224. The molecule has 0 bridgehead atoms. The summed E-state index contributed by atoms with van der Waals surface area (Å²) in [5.74, 6) is 1.58. The number of anilines is 1. The van der Waals surface area contributed by atoms with Crippen LogP contribution >= 0.6 is 0 Å². The van der Waals surface area contributed by atoms with E-state index in [4.69, 9.17) is 14.1 Å². The maximum absolute atomic E-state index is 11.7. The summed E-state index contributed by atoms with van der Waals surface area (Å²) in [5, 5.41) is 2.82. The average molecular weight is 328 g/mol. The van der Waals surface area contributed by atoms with Gasteiger partial charge in [0.1, 0.15) is 18.7 Å². The molecule has 0 aromatic carbocycles. The average Bonchev–Trinajstić information content (AvgIpc) is 3.24. The Bertz CT molecular complexity index is 737. The second kappa shape index (κ2) is 6.24. The van der Waals surface area contributed by atoms with Crippen molar-refractivity contribution >= 4 is 11.7 Å². The van der Waals surface area contributed by atoms with Gasteiger partial charge in [-0.2, -0.15) is 0 Å². The number of carbonyl (C=O) groups is 1. The molecule has 126 valence electrons. The smallest absolute Gasteiger partial charge is 0.253 e. The van der Waals surface area contributed by atoms with Gasteiger partial charge in [-0.15, -0.1) is 0 Å². The van der Waals surface area contributed by atoms with E-state index >= 15 is 0 Å². The fourth-order valence-corrected chi connectivity index (χ4v) is 3.30. The van der Waals surface area contributed by atoms with Crippen LogP contribution in [0.2, 0.25) is 0 Å². The Kier molecular flexibility index (Phi) is 3.93. The van der Waals surface area contributed by atoms with Crippen LogP contribution in [-0.2, 0) is 17.9 Å². The van der Waals surface area contributed by atoms with Crippen molar-refractivity contribution in [3.05, 3.63) is 41.2 Å². The number of hydrogen-bond donors (Lipinski definition) is 1. The lowest BCUT2D eigenvalue weighted by atomic mass is 10.1. The van der Waals surface area contributed by atoms with Gasteiger partial charge in [0.15, 0.2) is 0 Å². The number of fused-ring (bicyclic) bond motifs is 1. The van der Waals surface area contributed by atoms with Gasteiger partial charge < -0.3 is 19.4 Å². The summed E-state index contributed by atoms with van der Waals surface area (Å²) in [7, 11) is 0. The van der Waals surface area contributed by atoms with Crippen LogP contribution in [-0.4, -0.2) is 35.1 Å². The molecule has 4 heterocycles. The van der Waals surface area contributed by atoms with E-state index in [1.165, 1.54) is 0 Å². The zero-order chi connectivity index (χ0) is 16.5. The molecule has 7 nitrogen and oxygen atoms in total. The van der Waals surface area contributed by atoms with Gasteiger partial charge in [-0.25, -0.2) is 9.97 Å². The van der Waals surface area contributed by atoms with E-state index in [9.17, 15) is 4.79 Å². The summed E-state index contributed by atoms with van der Waals surface area (Å²) in [4.78, 5) is 22.8. The molecule has 2 aliphatic heterocycles. The van der Waals surface area contributed by atoms with Crippen molar-refractivity contribution in [3.8, 4) is 0 Å². The van der Waals surface area contributed by atoms with E-state index in [1.807, 2.05) is 13.0 Å². The molecule has 0 saturated carbocycles. The van der Waals surface area contributed by atoms with Gasteiger partial charge in [0.2, 0.25) is 5.89 Å². The maximum Gasteiger partial charge on any atom is 0.253 e. The van der Waals surface area contributed by atoms with Crippen LogP contribution in [0.4, 0.5) is 5.82 Å². The van der Waals surface area contributed by atoms with Crippen molar-refractivity contribution in [2.24, 2.45) is 0 Å². The number of rotatable bonds is 4. The third kappa shape index (κ3) is 2.87. The molecule has 0 spiro atoms. The largest absolute Gasteiger partial charge is 0.446 e. The first-order valence-electron chi connectivity index (χ1n) is 8.24. The summed E-state index contributed by atoms with van der Waals surface area (Å²) in [6, 6.07) is 1.95. The first-order valence-corrected chi connectivity index (χ1v) is 8.24. The van der Waals surface area contributed by atoms with Crippen LogP contribution in [0.5, 0.6) is 0 Å². The highest BCUT2D eigenvalue weighted by Crippen LogP contribution is 2.27. The summed E-state index contributed by atoms with van der Waals surface area (Å²) in [6.07, 6.45) is 5.28. The normalized spacial score (nSPS) is 17.9. The molecule has 24 heavy (non-hydrogen) atoms. The number of pyridine rings is 1. The quantitative estimate of drug-likeness (QED) is 0.922. The summed E-state index contributed by atoms with van der Waals surface area (Å²) in [5.41, 5.74) is 2.60. The maximum atomic E-state index is 11.7. The minimum atomic E-state index is -0.0224. The molecule has 4 rings (SSSR count). The lowest BCUT2D eigenvalue weighted by Gasteiger charge is -2.33. The molecule has 2 aromatic heterocycles. The number of ether oxygens (including phenoxy) is 1. The van der Waals surface area contributed by atoms with Gasteiger partial charge in [-0.05, 0) is 31.4 Å². The lowest BCUT2D eigenvalue weighted by Crippen LogP contribution is -2.38. The molecule has 2 aromatic rings. The lowest BCUT2D eigenvalue weighted by molar-refractivity contribution is 0.0142. The topological polar surface area (TPSA) is 80.5 Å². The fraction of sp³-hybridized carbons (Fsp3) is 0.471. The molecular weight excluding hydrogens is 308 g/mol. The number of aromatic nitrogens is 2. The Hall–Kier alpha value is -2.41. The van der Waals surface area contributed by atoms with Crippen molar-refractivity contribution in [3.63, 3.8) is 0 Å². The van der Waals surface area contributed by atoms with E-state index < -0.39 is 0 Å². The van der Waals surface area contributed by atoms with Crippen LogP contribution in [0.25, 0.3) is 0 Å². The fourth-order valence-electron chi connectivity index (χ4n) is 3.30. The molecular formula is C17H20N4O3. The second-order valence-electron chi connectivity index (χ2n) is 6.23. The number of aryl methyl sites for hydroxylation is 1. The van der Waals surface area contributed by atoms with Crippen LogP contribution in [0.1, 0.15) is 40.3 Å². The minimum Gasteiger partial charge on any atom is -0.446 e. The second-order valence-corrected chi connectivity index (χ2v) is 6.23. The highest BCUT2D eigenvalue weighted by Gasteiger charge is 2.26. The zero-order valence-corrected chi connectivity index (χ0v) is 13.6. The zero-order valence-electron chi connectivity index (χ0n) is 13.6. The van der Waals surface area contributed by atoms with Crippen molar-refractivity contribution in [2.45, 2.75) is 39.0 Å². The Morgan fingerprint density at radius 1 is 1.42 bits per heavy atom. The number of hydrogen-bond acceptors (Lipinski definition) is 6. The first kappa shape index (κ1) is 15.1. The van der Waals surface area contributed by atoms with Crippen molar-refractivity contribution < 1.29 is 13.9 Å². The Labute approximate surface area is 140 Å². The molecule has 0 radical (unpaired) electrons. The van der Waals surface area contributed by atoms with Crippen molar-refractivity contribution in [1.29, 1.82) is 0 Å². The van der Waals surface area contributed by atoms with Crippen LogP contribution < -0.4 is 10.2 Å². The standard InChI is InChI=1S/C17H20N4O3/c1-11-8-13-14(9-19-17(13)22)20-16(11)21-5-2-12(3-6-21)24-10-15-18-4-7-23-15/h4,7-8,12H,2-3,5-6,9-10H2,1H3,(H,19,22). The highest BCUT2D eigenvalue weighted by molar-refractivity contribution is 5.98. The molecule has 1 N–H and O–H groups in total. The van der Waals surface area contributed by atoms with Crippen LogP contribution in [0, 0.1) is 6.92 Å². The van der Waals surface area contributed by atoms with E-state index in [0.717, 1.165) is 43.0 Å². The number of piperidine rings is 1. The number of carbonyl (C=O) groups excluding carboxylic acids is 1. The third-order valence-electron chi connectivity index (χ3n) is 4.59. The van der Waals surface area contributed by atoms with Gasteiger partial charge in [0, 0.05) is 13.1 Å². The van der Waals surface area contributed by atoms with E-state index in [1.54, 1.807) is 12.5 Å². The van der Waals surface area contributed by atoms with E-state index in [0.29, 0.717) is 24.6 Å². The first-order chi connectivity index (χ1) is 11.7. The SMILES string of the molecule is Cc1cc2c(nc1N1CCC(OCc3ncco3)CC1)CNC2=O. The van der Waals surface area contributed by atoms with Crippen molar-refractivity contribution in [1.82, 2.24) is 15.3 Å². The van der Waals surface area contributed by atoms with Crippen molar-refractivity contribution in [2.75, 3.05) is 18.0 Å². The van der Waals surface area contributed by atoms with Gasteiger partial charge in [0.25, 0.3) is 5.91 Å². The molecule has 1 fully saturated rings. The third-order valence-corrected chi connectivity index (χ3v) is 4.59. The Balaban J connectivity index is 1.38. The molecule has 1 amide bonds. The molecule has 0 aliphatic carbocycles. The summed E-state index contributed by atoms with van der Waals surface area (Å²) < 4.78 is 11.1. The molecule has 2 aliphatic rings. The summed E-state index contributed by atoms with van der Waals surface area (Å²) >= 11 is 0. The monoisotopic (exact) mass is 328 g/mol. The van der Waals surface area contributed by atoms with E-state index in [-0.39, 0.29) is 12.0 Å². The number of amides is 1. The Morgan fingerprint density at radius 3 is 3.00 bits per heavy atom. The number of nitrogens with zero attached hydrogens (tertiary/aromatic N) is 3. The predicted molar refractivity (Wildman–Crippen MR) is 86.7 cm³/mol. The molecule has 0 atom stereocenters. The Morgan fingerprint density at radius 2 is 2.25 bits per heavy atom. The highest BCUT2D eigenvalue weighted by atomic mass is 16.5.